The molecule has 3 rings (SSSR count). The van der Waals surface area contributed by atoms with E-state index in [1.807, 2.05) is 24.3 Å². The van der Waals surface area contributed by atoms with Crippen molar-refractivity contribution in [1.82, 2.24) is 10.5 Å². The van der Waals surface area contributed by atoms with Gasteiger partial charge in [-0.2, -0.15) is 0 Å². The molecule has 0 radical (unpaired) electrons. The molecule has 2 N–H and O–H groups in total. The van der Waals surface area contributed by atoms with Crippen LogP contribution >= 0.6 is 0 Å². The van der Waals surface area contributed by atoms with Gasteiger partial charge in [-0.1, -0.05) is 23.4 Å². The number of nitrogens with one attached hydrogen (secondary N) is 2. The van der Waals surface area contributed by atoms with E-state index >= 15 is 0 Å². The Bertz CT molecular complexity index is 981. The van der Waals surface area contributed by atoms with E-state index in [1.54, 1.807) is 44.4 Å². The second-order valence-electron chi connectivity index (χ2n) is 6.22. The highest BCUT2D eigenvalue weighted by Crippen LogP contribution is 2.13. The highest BCUT2D eigenvalue weighted by Gasteiger charge is 2.12. The first-order chi connectivity index (χ1) is 13.5. The Morgan fingerprint density at radius 1 is 1.04 bits per heavy atom. The number of nitrogens with zero attached hydrogens (tertiary/aromatic N) is 1. The van der Waals surface area contributed by atoms with E-state index in [1.165, 1.54) is 0 Å². The molecule has 1 aromatic heterocycles. The number of amides is 2. The first-order valence-electron chi connectivity index (χ1n) is 8.81. The van der Waals surface area contributed by atoms with Crippen LogP contribution in [0.5, 0.6) is 5.75 Å². The van der Waals surface area contributed by atoms with Gasteiger partial charge in [0.05, 0.1) is 7.11 Å². The summed E-state index contributed by atoms with van der Waals surface area (Å²) >= 11 is 0. The van der Waals surface area contributed by atoms with Gasteiger partial charge in [-0.05, 0) is 49.2 Å². The lowest BCUT2D eigenvalue weighted by molar-refractivity contribution is 0.0954. The molecule has 7 nitrogen and oxygen atoms in total. The molecule has 0 fully saturated rings. The van der Waals surface area contributed by atoms with Gasteiger partial charge in [0.15, 0.2) is 5.82 Å². The van der Waals surface area contributed by atoms with E-state index in [4.69, 9.17) is 9.26 Å². The molecule has 0 bridgehead atoms. The maximum Gasteiger partial charge on any atom is 0.256 e. The monoisotopic (exact) mass is 379 g/mol. The molecule has 0 saturated heterocycles. The number of ether oxygens (including phenoxy) is 1. The van der Waals surface area contributed by atoms with Crippen molar-refractivity contribution in [2.24, 2.45) is 0 Å². The van der Waals surface area contributed by atoms with Crippen molar-refractivity contribution in [1.29, 1.82) is 0 Å². The molecule has 2 aromatic carbocycles. The van der Waals surface area contributed by atoms with Gasteiger partial charge in [-0.3, -0.25) is 9.59 Å². The molecule has 0 spiro atoms. The zero-order chi connectivity index (χ0) is 19.9. The van der Waals surface area contributed by atoms with E-state index in [2.05, 4.69) is 15.8 Å². The normalized spacial score (nSPS) is 10.4. The Balaban J connectivity index is 1.57. The zero-order valence-corrected chi connectivity index (χ0v) is 15.7. The van der Waals surface area contributed by atoms with Gasteiger partial charge in [-0.15, -0.1) is 0 Å². The molecule has 3 aromatic rings. The van der Waals surface area contributed by atoms with Gasteiger partial charge < -0.3 is 19.9 Å². The molecule has 0 atom stereocenters. The highest BCUT2D eigenvalue weighted by atomic mass is 16.5. The van der Waals surface area contributed by atoms with Gasteiger partial charge in [0.2, 0.25) is 0 Å². The lowest BCUT2D eigenvalue weighted by Gasteiger charge is -2.08. The fraction of sp³-hybridized carbons (Fsp3) is 0.190. The number of aryl methyl sites for hydroxylation is 1. The molecule has 144 valence electrons. The summed E-state index contributed by atoms with van der Waals surface area (Å²) < 4.78 is 10.1. The van der Waals surface area contributed by atoms with Gasteiger partial charge in [0, 0.05) is 23.7 Å². The van der Waals surface area contributed by atoms with Crippen LogP contribution in [0.15, 0.2) is 59.1 Å². The minimum atomic E-state index is -0.362. The van der Waals surface area contributed by atoms with Crippen molar-refractivity contribution >= 4 is 17.6 Å². The van der Waals surface area contributed by atoms with Crippen LogP contribution in [0.1, 0.15) is 32.0 Å². The highest BCUT2D eigenvalue weighted by molar-refractivity contribution is 6.05. The van der Waals surface area contributed by atoms with Crippen LogP contribution in [0, 0.1) is 6.92 Å². The van der Waals surface area contributed by atoms with Crippen molar-refractivity contribution in [2.75, 3.05) is 19.0 Å². The topological polar surface area (TPSA) is 93.5 Å². The van der Waals surface area contributed by atoms with E-state index in [0.29, 0.717) is 35.7 Å². The summed E-state index contributed by atoms with van der Waals surface area (Å²) in [7, 11) is 1.62. The van der Waals surface area contributed by atoms with Crippen LogP contribution in [-0.2, 0) is 6.42 Å². The first kappa shape index (κ1) is 19.2. The van der Waals surface area contributed by atoms with E-state index < -0.39 is 0 Å². The molecule has 0 unspecified atom stereocenters. The quantitative estimate of drug-likeness (QED) is 0.657. The number of benzene rings is 2. The number of aromatic nitrogens is 1. The van der Waals surface area contributed by atoms with Crippen molar-refractivity contribution in [3.63, 3.8) is 0 Å². The smallest absolute Gasteiger partial charge is 0.256 e. The molecule has 0 aliphatic heterocycles. The lowest BCUT2D eigenvalue weighted by Crippen LogP contribution is -2.26. The summed E-state index contributed by atoms with van der Waals surface area (Å²) in [6.45, 7) is 2.21. The lowest BCUT2D eigenvalue weighted by atomic mass is 10.1. The fourth-order valence-corrected chi connectivity index (χ4v) is 2.67. The molecule has 0 aliphatic rings. The zero-order valence-electron chi connectivity index (χ0n) is 15.7. The summed E-state index contributed by atoms with van der Waals surface area (Å²) in [5, 5.41) is 9.22. The molecule has 7 heteroatoms. The molecular formula is C21H21N3O4. The largest absolute Gasteiger partial charge is 0.497 e. The number of rotatable bonds is 7. The van der Waals surface area contributed by atoms with Crippen LogP contribution in [0.2, 0.25) is 0 Å². The average molecular weight is 379 g/mol. The molecule has 0 saturated carbocycles. The van der Waals surface area contributed by atoms with Crippen molar-refractivity contribution < 1.29 is 18.8 Å². The fourth-order valence-electron chi connectivity index (χ4n) is 2.67. The molecule has 2 amide bonds. The van der Waals surface area contributed by atoms with E-state index in [-0.39, 0.29) is 11.8 Å². The Labute approximate surface area is 162 Å². The molecule has 1 heterocycles. The van der Waals surface area contributed by atoms with E-state index in [0.717, 1.165) is 11.3 Å². The number of anilines is 1. The Morgan fingerprint density at radius 3 is 2.50 bits per heavy atom. The number of hydrogen-bond acceptors (Lipinski definition) is 5. The molecular weight excluding hydrogens is 358 g/mol. The number of hydrogen-bond donors (Lipinski definition) is 2. The van der Waals surface area contributed by atoms with Gasteiger partial charge in [0.25, 0.3) is 11.8 Å². The van der Waals surface area contributed by atoms with Crippen LogP contribution in [-0.4, -0.2) is 30.6 Å². The van der Waals surface area contributed by atoms with Crippen LogP contribution < -0.4 is 15.4 Å². The molecule has 0 aliphatic carbocycles. The predicted octanol–water partition coefficient (Wildman–Crippen LogP) is 3.22. The summed E-state index contributed by atoms with van der Waals surface area (Å²) in [5.41, 5.74) is 1.84. The second-order valence-corrected chi connectivity index (χ2v) is 6.22. The SMILES string of the molecule is COc1cccc(CCNC(=O)c2cccc(C(=O)Nc3cc(C)on3)c2)c1. The standard InChI is InChI=1S/C21H21N3O4/c1-14-11-19(24-28-14)23-21(26)17-7-4-6-16(13-17)20(25)22-10-9-15-5-3-8-18(12-15)27-2/h3-8,11-13H,9-10H2,1-2H3,(H,22,25)(H,23,24,26). The minimum Gasteiger partial charge on any atom is -0.497 e. The minimum absolute atomic E-state index is 0.241. The Morgan fingerprint density at radius 2 is 1.79 bits per heavy atom. The third kappa shape index (κ3) is 4.97. The van der Waals surface area contributed by atoms with Gasteiger partial charge >= 0.3 is 0 Å². The molecule has 28 heavy (non-hydrogen) atoms. The maximum atomic E-state index is 12.4. The third-order valence-corrected chi connectivity index (χ3v) is 4.09. The summed E-state index contributed by atoms with van der Waals surface area (Å²) in [5.74, 6) is 1.11. The van der Waals surface area contributed by atoms with Crippen LogP contribution in [0.3, 0.4) is 0 Å². The van der Waals surface area contributed by atoms with Crippen molar-refractivity contribution in [3.05, 3.63) is 77.0 Å². The number of carbonyl (C=O) groups excluding carboxylic acids is 2. The summed E-state index contributed by atoms with van der Waals surface area (Å²) in [4.78, 5) is 24.7. The number of carbonyl (C=O) groups is 2. The van der Waals surface area contributed by atoms with E-state index in [9.17, 15) is 9.59 Å². The van der Waals surface area contributed by atoms with Crippen molar-refractivity contribution in [3.8, 4) is 5.75 Å². The Kier molecular flexibility index (Phi) is 6.06. The third-order valence-electron chi connectivity index (χ3n) is 4.09. The predicted molar refractivity (Wildman–Crippen MR) is 105 cm³/mol. The second kappa shape index (κ2) is 8.85. The van der Waals surface area contributed by atoms with Gasteiger partial charge in [-0.25, -0.2) is 0 Å². The summed E-state index contributed by atoms with van der Waals surface area (Å²) in [6, 6.07) is 15.8. The van der Waals surface area contributed by atoms with Crippen LogP contribution in [0.25, 0.3) is 0 Å². The van der Waals surface area contributed by atoms with Gasteiger partial charge in [0.1, 0.15) is 11.5 Å². The summed E-state index contributed by atoms with van der Waals surface area (Å²) in [6.07, 6.45) is 0.675. The van der Waals surface area contributed by atoms with Crippen LogP contribution in [0.4, 0.5) is 5.82 Å². The Hall–Kier alpha value is -3.61. The first-order valence-corrected chi connectivity index (χ1v) is 8.81. The average Bonchev–Trinajstić information content (AvgIpc) is 3.12. The number of methoxy groups -OCH3 is 1. The van der Waals surface area contributed by atoms with Crippen molar-refractivity contribution in [2.45, 2.75) is 13.3 Å². The maximum absolute atomic E-state index is 12.4.